The molecule has 0 aliphatic carbocycles. The smallest absolute Gasteiger partial charge is 0.231 e. The van der Waals surface area contributed by atoms with Crippen LogP contribution in [-0.2, 0) is 6.54 Å². The van der Waals surface area contributed by atoms with E-state index < -0.39 is 0 Å². The Labute approximate surface area is 115 Å². The fraction of sp³-hybridized carbons (Fsp3) is 0.143. The van der Waals surface area contributed by atoms with Gasteiger partial charge in [-0.25, -0.2) is 0 Å². The number of anilines is 1. The van der Waals surface area contributed by atoms with Crippen LogP contribution in [0.2, 0.25) is 5.02 Å². The van der Waals surface area contributed by atoms with Gasteiger partial charge >= 0.3 is 0 Å². The van der Waals surface area contributed by atoms with Crippen LogP contribution in [0.5, 0.6) is 17.2 Å². The molecule has 0 fully saturated rings. The van der Waals surface area contributed by atoms with Gasteiger partial charge in [0.25, 0.3) is 0 Å². The van der Waals surface area contributed by atoms with E-state index in [2.05, 4.69) is 5.32 Å². The molecule has 0 saturated carbocycles. The van der Waals surface area contributed by atoms with Crippen LogP contribution in [-0.4, -0.2) is 11.9 Å². The number of fused-ring (bicyclic) bond motifs is 1. The van der Waals surface area contributed by atoms with Gasteiger partial charge in [0.05, 0.1) is 5.02 Å². The van der Waals surface area contributed by atoms with Gasteiger partial charge in [0, 0.05) is 18.3 Å². The molecule has 1 aliphatic rings. The average molecular weight is 278 g/mol. The van der Waals surface area contributed by atoms with E-state index in [0.717, 1.165) is 11.3 Å². The Kier molecular flexibility index (Phi) is 3.09. The number of aromatic hydroxyl groups is 1. The molecule has 5 heteroatoms. The number of nitrogens with one attached hydrogen (secondary N) is 1. The topological polar surface area (TPSA) is 50.7 Å². The number of phenolic OH excluding ortho intramolecular Hbond substituents is 1. The zero-order valence-corrected chi connectivity index (χ0v) is 10.8. The lowest BCUT2D eigenvalue weighted by molar-refractivity contribution is 0.174. The molecule has 0 spiro atoms. The van der Waals surface area contributed by atoms with E-state index in [4.69, 9.17) is 21.1 Å². The predicted octanol–water partition coefficient (Wildman–Crippen LogP) is 3.39. The molecule has 0 saturated heterocycles. The van der Waals surface area contributed by atoms with Crippen LogP contribution < -0.4 is 14.8 Å². The van der Waals surface area contributed by atoms with Crippen LogP contribution in [0.4, 0.5) is 5.69 Å². The Bertz CT molecular complexity index is 616. The molecule has 0 unspecified atom stereocenters. The van der Waals surface area contributed by atoms with E-state index in [9.17, 15) is 5.11 Å². The second kappa shape index (κ2) is 4.90. The molecule has 0 aromatic heterocycles. The summed E-state index contributed by atoms with van der Waals surface area (Å²) < 4.78 is 10.6. The predicted molar refractivity (Wildman–Crippen MR) is 73.0 cm³/mol. The first-order chi connectivity index (χ1) is 9.22. The van der Waals surface area contributed by atoms with Crippen molar-refractivity contribution in [1.29, 1.82) is 0 Å². The van der Waals surface area contributed by atoms with Gasteiger partial charge in [-0.1, -0.05) is 17.7 Å². The summed E-state index contributed by atoms with van der Waals surface area (Å²) in [4.78, 5) is 0. The molecular weight excluding hydrogens is 266 g/mol. The first-order valence-corrected chi connectivity index (χ1v) is 6.21. The summed E-state index contributed by atoms with van der Waals surface area (Å²) in [5.41, 5.74) is 1.83. The van der Waals surface area contributed by atoms with E-state index in [1.165, 1.54) is 0 Å². The Balaban J connectivity index is 1.76. The van der Waals surface area contributed by atoms with E-state index in [-0.39, 0.29) is 12.5 Å². The minimum atomic E-state index is 0.207. The molecule has 4 nitrogen and oxygen atoms in total. The van der Waals surface area contributed by atoms with Crippen molar-refractivity contribution < 1.29 is 14.6 Å². The highest BCUT2D eigenvalue weighted by Gasteiger charge is 2.18. The Hall–Kier alpha value is -2.07. The highest BCUT2D eigenvalue weighted by molar-refractivity contribution is 6.32. The van der Waals surface area contributed by atoms with Crippen LogP contribution in [0.15, 0.2) is 36.4 Å². The van der Waals surface area contributed by atoms with Crippen molar-refractivity contribution in [2.24, 2.45) is 0 Å². The minimum absolute atomic E-state index is 0.207. The number of hydrogen-bond acceptors (Lipinski definition) is 4. The van der Waals surface area contributed by atoms with Crippen molar-refractivity contribution in [3.05, 3.63) is 47.0 Å². The molecule has 0 radical (unpaired) electrons. The summed E-state index contributed by atoms with van der Waals surface area (Å²) in [6.45, 7) is 0.790. The SMILES string of the molecule is Oc1cccc(NCc2cc(Cl)c3c(c2)OCO3)c1. The number of rotatable bonds is 3. The number of halogens is 1. The summed E-state index contributed by atoms with van der Waals surface area (Å²) >= 11 is 6.11. The van der Waals surface area contributed by atoms with Crippen LogP contribution in [0.3, 0.4) is 0 Å². The van der Waals surface area contributed by atoms with Crippen molar-refractivity contribution in [1.82, 2.24) is 0 Å². The molecule has 1 heterocycles. The van der Waals surface area contributed by atoms with E-state index in [1.54, 1.807) is 18.2 Å². The fourth-order valence-corrected chi connectivity index (χ4v) is 2.23. The molecule has 3 rings (SSSR count). The first-order valence-electron chi connectivity index (χ1n) is 5.83. The molecule has 19 heavy (non-hydrogen) atoms. The quantitative estimate of drug-likeness (QED) is 0.903. The van der Waals surface area contributed by atoms with Gasteiger partial charge in [-0.3, -0.25) is 0 Å². The van der Waals surface area contributed by atoms with E-state index in [1.807, 2.05) is 18.2 Å². The molecule has 0 amide bonds. The lowest BCUT2D eigenvalue weighted by atomic mass is 10.2. The van der Waals surface area contributed by atoms with Crippen molar-refractivity contribution in [2.45, 2.75) is 6.54 Å². The van der Waals surface area contributed by atoms with Gasteiger partial charge in [0.2, 0.25) is 6.79 Å². The summed E-state index contributed by atoms with van der Waals surface area (Å²) in [6.07, 6.45) is 0. The third-order valence-electron chi connectivity index (χ3n) is 2.83. The van der Waals surface area contributed by atoms with Crippen LogP contribution in [0.25, 0.3) is 0 Å². The molecule has 1 aliphatic heterocycles. The summed E-state index contributed by atoms with van der Waals surface area (Å²) in [6, 6.07) is 10.7. The zero-order valence-electron chi connectivity index (χ0n) is 10.0. The third kappa shape index (κ3) is 2.53. The standard InChI is InChI=1S/C14H12ClNO3/c15-12-4-9(5-13-14(12)19-8-18-13)7-16-10-2-1-3-11(17)6-10/h1-6,16-17H,7-8H2. The Morgan fingerprint density at radius 2 is 2.11 bits per heavy atom. The number of hydrogen-bond donors (Lipinski definition) is 2. The highest BCUT2D eigenvalue weighted by atomic mass is 35.5. The number of benzene rings is 2. The maximum atomic E-state index is 9.38. The third-order valence-corrected chi connectivity index (χ3v) is 3.11. The second-order valence-corrected chi connectivity index (χ2v) is 4.62. The largest absolute Gasteiger partial charge is 0.508 e. The molecule has 2 aromatic carbocycles. The van der Waals surface area contributed by atoms with Gasteiger partial charge in [0.15, 0.2) is 11.5 Å². The van der Waals surface area contributed by atoms with Gasteiger partial charge in [-0.15, -0.1) is 0 Å². The summed E-state index contributed by atoms with van der Waals surface area (Å²) in [5, 5.41) is 13.1. The van der Waals surface area contributed by atoms with Gasteiger partial charge in [-0.2, -0.15) is 0 Å². The zero-order chi connectivity index (χ0) is 13.2. The lowest BCUT2D eigenvalue weighted by Crippen LogP contribution is -1.99. The Morgan fingerprint density at radius 3 is 2.95 bits per heavy atom. The summed E-state index contributed by atoms with van der Waals surface area (Å²) in [7, 11) is 0. The van der Waals surface area contributed by atoms with Gasteiger partial charge in [0.1, 0.15) is 5.75 Å². The Morgan fingerprint density at radius 1 is 1.21 bits per heavy atom. The molecule has 98 valence electrons. The van der Waals surface area contributed by atoms with Crippen LogP contribution >= 0.6 is 11.6 Å². The van der Waals surface area contributed by atoms with Crippen molar-refractivity contribution in [2.75, 3.05) is 12.1 Å². The molecule has 2 N–H and O–H groups in total. The van der Waals surface area contributed by atoms with E-state index >= 15 is 0 Å². The van der Waals surface area contributed by atoms with Crippen LogP contribution in [0, 0.1) is 0 Å². The second-order valence-electron chi connectivity index (χ2n) is 4.22. The number of phenols is 1. The minimum Gasteiger partial charge on any atom is -0.508 e. The maximum Gasteiger partial charge on any atom is 0.231 e. The molecule has 2 aromatic rings. The lowest BCUT2D eigenvalue weighted by Gasteiger charge is -2.08. The van der Waals surface area contributed by atoms with Crippen molar-refractivity contribution in [3.8, 4) is 17.2 Å². The highest BCUT2D eigenvalue weighted by Crippen LogP contribution is 2.39. The maximum absolute atomic E-state index is 9.38. The normalized spacial score (nSPS) is 12.5. The van der Waals surface area contributed by atoms with E-state index in [0.29, 0.717) is 23.1 Å². The van der Waals surface area contributed by atoms with Crippen molar-refractivity contribution in [3.63, 3.8) is 0 Å². The molecule has 0 atom stereocenters. The van der Waals surface area contributed by atoms with Crippen molar-refractivity contribution >= 4 is 17.3 Å². The van der Waals surface area contributed by atoms with Gasteiger partial charge < -0.3 is 19.9 Å². The first kappa shape index (κ1) is 12.0. The van der Waals surface area contributed by atoms with Crippen LogP contribution in [0.1, 0.15) is 5.56 Å². The average Bonchev–Trinajstić information content (AvgIpc) is 2.85. The molecule has 0 bridgehead atoms. The summed E-state index contributed by atoms with van der Waals surface area (Å²) in [5.74, 6) is 1.50. The molecular formula is C14H12ClNO3. The van der Waals surface area contributed by atoms with Gasteiger partial charge in [-0.05, 0) is 29.8 Å². The monoisotopic (exact) mass is 277 g/mol. The fourth-order valence-electron chi connectivity index (χ4n) is 1.94. The number of ether oxygens (including phenoxy) is 2.